The van der Waals surface area contributed by atoms with Crippen molar-refractivity contribution in [2.45, 2.75) is 26.8 Å². The molecule has 0 spiro atoms. The Balaban J connectivity index is 2.96. The predicted molar refractivity (Wildman–Crippen MR) is 82.9 cm³/mol. The molecule has 1 aromatic rings. The molecule has 1 unspecified atom stereocenters. The Labute approximate surface area is 129 Å². The molecule has 1 aromatic carbocycles. The first-order valence-electron chi connectivity index (χ1n) is 6.73. The molecule has 20 heavy (non-hydrogen) atoms. The van der Waals surface area contributed by atoms with Gasteiger partial charge in [-0.05, 0) is 53.0 Å². The zero-order valence-electron chi connectivity index (χ0n) is 12.4. The summed E-state index contributed by atoms with van der Waals surface area (Å²) in [4.78, 5) is 12.1. The second kappa shape index (κ2) is 8.27. The molecule has 1 rings (SSSR count). The molecule has 1 N–H and O–H groups in total. The van der Waals surface area contributed by atoms with Crippen molar-refractivity contribution < 1.29 is 14.3 Å². The molecule has 4 nitrogen and oxygen atoms in total. The number of hydrogen-bond donors (Lipinski definition) is 1. The van der Waals surface area contributed by atoms with E-state index < -0.39 is 6.04 Å². The molecule has 0 amide bonds. The SMILES string of the molecule is CCOC(=O)C(NCC(C)C)c1ccc(OC)c(Br)c1. The Morgan fingerprint density at radius 1 is 1.40 bits per heavy atom. The maximum absolute atomic E-state index is 12.1. The Kier molecular flexibility index (Phi) is 7.02. The van der Waals surface area contributed by atoms with Gasteiger partial charge in [0.1, 0.15) is 11.8 Å². The van der Waals surface area contributed by atoms with E-state index in [1.54, 1.807) is 14.0 Å². The zero-order valence-corrected chi connectivity index (χ0v) is 14.0. The van der Waals surface area contributed by atoms with Gasteiger partial charge in [0, 0.05) is 0 Å². The Bertz CT molecular complexity index is 449. The Morgan fingerprint density at radius 2 is 2.10 bits per heavy atom. The zero-order chi connectivity index (χ0) is 15.1. The number of hydrogen-bond acceptors (Lipinski definition) is 4. The van der Waals surface area contributed by atoms with Gasteiger partial charge in [-0.1, -0.05) is 19.9 Å². The van der Waals surface area contributed by atoms with Gasteiger partial charge in [0.25, 0.3) is 0 Å². The van der Waals surface area contributed by atoms with Crippen molar-refractivity contribution in [3.63, 3.8) is 0 Å². The van der Waals surface area contributed by atoms with Gasteiger partial charge in [-0.15, -0.1) is 0 Å². The number of rotatable bonds is 7. The number of benzene rings is 1. The van der Waals surface area contributed by atoms with Gasteiger partial charge in [-0.25, -0.2) is 4.79 Å². The van der Waals surface area contributed by atoms with Crippen molar-refractivity contribution in [2.24, 2.45) is 5.92 Å². The molecule has 0 bridgehead atoms. The summed E-state index contributed by atoms with van der Waals surface area (Å²) in [5.74, 6) is 0.930. The van der Waals surface area contributed by atoms with Crippen LogP contribution in [0.5, 0.6) is 5.75 Å². The van der Waals surface area contributed by atoms with Gasteiger partial charge in [-0.2, -0.15) is 0 Å². The number of carbonyl (C=O) groups excluding carboxylic acids is 1. The van der Waals surface area contributed by atoms with Gasteiger partial charge >= 0.3 is 5.97 Å². The third-order valence-corrected chi connectivity index (χ3v) is 3.38. The van der Waals surface area contributed by atoms with E-state index in [0.29, 0.717) is 12.5 Å². The molecule has 0 aliphatic heterocycles. The number of ether oxygens (including phenoxy) is 2. The van der Waals surface area contributed by atoms with E-state index in [0.717, 1.165) is 22.3 Å². The maximum Gasteiger partial charge on any atom is 0.327 e. The summed E-state index contributed by atoms with van der Waals surface area (Å²) in [6.07, 6.45) is 0. The fourth-order valence-corrected chi connectivity index (χ4v) is 2.34. The van der Waals surface area contributed by atoms with Crippen molar-refractivity contribution in [3.05, 3.63) is 28.2 Å². The van der Waals surface area contributed by atoms with Gasteiger partial charge in [-0.3, -0.25) is 0 Å². The second-order valence-electron chi connectivity index (χ2n) is 4.88. The number of nitrogens with one attached hydrogen (secondary N) is 1. The molecule has 0 radical (unpaired) electrons. The number of methoxy groups -OCH3 is 1. The van der Waals surface area contributed by atoms with E-state index in [2.05, 4.69) is 35.1 Å². The van der Waals surface area contributed by atoms with Crippen LogP contribution in [0.2, 0.25) is 0 Å². The van der Waals surface area contributed by atoms with Crippen molar-refractivity contribution >= 4 is 21.9 Å². The fourth-order valence-electron chi connectivity index (χ4n) is 1.78. The largest absolute Gasteiger partial charge is 0.496 e. The van der Waals surface area contributed by atoms with Crippen LogP contribution in [-0.4, -0.2) is 26.2 Å². The van der Waals surface area contributed by atoms with Crippen LogP contribution in [0, 0.1) is 5.92 Å². The lowest BCUT2D eigenvalue weighted by Gasteiger charge is -2.19. The van der Waals surface area contributed by atoms with Crippen molar-refractivity contribution in [1.29, 1.82) is 0 Å². The van der Waals surface area contributed by atoms with E-state index in [9.17, 15) is 4.79 Å². The minimum atomic E-state index is -0.459. The molecule has 0 saturated carbocycles. The van der Waals surface area contributed by atoms with Gasteiger partial charge in [0.05, 0.1) is 18.2 Å². The van der Waals surface area contributed by atoms with Crippen molar-refractivity contribution in [1.82, 2.24) is 5.32 Å². The molecule has 1 atom stereocenters. The summed E-state index contributed by atoms with van der Waals surface area (Å²) in [5.41, 5.74) is 0.858. The molecule has 0 aliphatic carbocycles. The highest BCUT2D eigenvalue weighted by atomic mass is 79.9. The van der Waals surface area contributed by atoms with Crippen LogP contribution in [0.4, 0.5) is 0 Å². The molecule has 0 aromatic heterocycles. The standard InChI is InChI=1S/C15H22BrNO3/c1-5-20-15(18)14(17-9-10(2)3)11-6-7-13(19-4)12(16)8-11/h6-8,10,14,17H,5,9H2,1-4H3. The summed E-state index contributed by atoms with van der Waals surface area (Å²) < 4.78 is 11.2. The number of carbonyl (C=O) groups is 1. The first kappa shape index (κ1) is 17.0. The van der Waals surface area contributed by atoms with Crippen molar-refractivity contribution in [2.75, 3.05) is 20.3 Å². The monoisotopic (exact) mass is 343 g/mol. The molecule has 5 heteroatoms. The minimum absolute atomic E-state index is 0.259. The van der Waals surface area contributed by atoms with Gasteiger partial charge in [0.15, 0.2) is 0 Å². The van der Waals surface area contributed by atoms with Crippen LogP contribution in [0.15, 0.2) is 22.7 Å². The highest BCUT2D eigenvalue weighted by Crippen LogP contribution is 2.28. The molecule has 0 fully saturated rings. The molecular weight excluding hydrogens is 322 g/mol. The van der Waals surface area contributed by atoms with Crippen LogP contribution in [0.1, 0.15) is 32.4 Å². The van der Waals surface area contributed by atoms with Crippen LogP contribution in [0.25, 0.3) is 0 Å². The van der Waals surface area contributed by atoms with Crippen LogP contribution in [-0.2, 0) is 9.53 Å². The maximum atomic E-state index is 12.1. The highest BCUT2D eigenvalue weighted by Gasteiger charge is 2.22. The molecular formula is C15H22BrNO3. The Hall–Kier alpha value is -1.07. The van der Waals surface area contributed by atoms with E-state index in [1.165, 1.54) is 0 Å². The van der Waals surface area contributed by atoms with E-state index >= 15 is 0 Å². The van der Waals surface area contributed by atoms with Crippen molar-refractivity contribution in [3.8, 4) is 5.75 Å². The lowest BCUT2D eigenvalue weighted by Crippen LogP contribution is -2.32. The lowest BCUT2D eigenvalue weighted by atomic mass is 10.1. The van der Waals surface area contributed by atoms with E-state index in [4.69, 9.17) is 9.47 Å². The van der Waals surface area contributed by atoms with E-state index in [1.807, 2.05) is 18.2 Å². The molecule has 0 aliphatic rings. The van der Waals surface area contributed by atoms with Gasteiger partial charge in [0.2, 0.25) is 0 Å². The number of esters is 1. The average molecular weight is 344 g/mol. The third-order valence-electron chi connectivity index (χ3n) is 2.76. The second-order valence-corrected chi connectivity index (χ2v) is 5.74. The summed E-state index contributed by atoms with van der Waals surface area (Å²) in [6.45, 7) is 7.11. The third kappa shape index (κ3) is 4.80. The molecule has 112 valence electrons. The fraction of sp³-hybridized carbons (Fsp3) is 0.533. The molecule has 0 heterocycles. The predicted octanol–water partition coefficient (Wildman–Crippen LogP) is 3.31. The quantitative estimate of drug-likeness (QED) is 0.771. The minimum Gasteiger partial charge on any atom is -0.496 e. The molecule has 0 saturated heterocycles. The first-order chi connectivity index (χ1) is 9.49. The lowest BCUT2D eigenvalue weighted by molar-refractivity contribution is -0.145. The van der Waals surface area contributed by atoms with Crippen LogP contribution < -0.4 is 10.1 Å². The van der Waals surface area contributed by atoms with Gasteiger partial charge < -0.3 is 14.8 Å². The Morgan fingerprint density at radius 3 is 2.60 bits per heavy atom. The van der Waals surface area contributed by atoms with Crippen LogP contribution in [0.3, 0.4) is 0 Å². The average Bonchev–Trinajstić information content (AvgIpc) is 2.39. The summed E-state index contributed by atoms with van der Waals surface area (Å²) in [7, 11) is 1.61. The normalized spacial score (nSPS) is 12.3. The van der Waals surface area contributed by atoms with E-state index in [-0.39, 0.29) is 5.97 Å². The summed E-state index contributed by atoms with van der Waals surface area (Å²) in [6, 6.07) is 5.13. The van der Waals surface area contributed by atoms with Crippen LogP contribution >= 0.6 is 15.9 Å². The smallest absolute Gasteiger partial charge is 0.327 e. The number of halogens is 1. The highest BCUT2D eigenvalue weighted by molar-refractivity contribution is 9.10. The summed E-state index contributed by atoms with van der Waals surface area (Å²) >= 11 is 3.44. The first-order valence-corrected chi connectivity index (χ1v) is 7.52. The topological polar surface area (TPSA) is 47.6 Å². The summed E-state index contributed by atoms with van der Waals surface area (Å²) in [5, 5.41) is 3.25.